The Balaban J connectivity index is 1.89. The third-order valence-corrected chi connectivity index (χ3v) is 5.48. The summed E-state index contributed by atoms with van der Waals surface area (Å²) in [5.41, 5.74) is 3.43. The maximum Gasteiger partial charge on any atom is 0.228 e. The van der Waals surface area contributed by atoms with E-state index in [4.69, 9.17) is 0 Å². The van der Waals surface area contributed by atoms with E-state index in [-0.39, 0.29) is 17.7 Å². The molecule has 4 heteroatoms. The molecular formula is C25H30N2O2. The van der Waals surface area contributed by atoms with Crippen molar-refractivity contribution in [1.29, 1.82) is 0 Å². The summed E-state index contributed by atoms with van der Waals surface area (Å²) in [5.74, 6) is 0.00443. The van der Waals surface area contributed by atoms with E-state index in [0.717, 1.165) is 23.1 Å². The molecule has 1 heterocycles. The molecule has 0 aromatic heterocycles. The van der Waals surface area contributed by atoms with E-state index < -0.39 is 0 Å². The van der Waals surface area contributed by atoms with E-state index in [2.05, 4.69) is 30.8 Å². The monoisotopic (exact) mass is 390 g/mol. The van der Waals surface area contributed by atoms with Crippen LogP contribution in [0.2, 0.25) is 0 Å². The molecule has 0 spiro atoms. The van der Waals surface area contributed by atoms with Crippen molar-refractivity contribution in [3.8, 4) is 11.1 Å². The molecule has 4 nitrogen and oxygen atoms in total. The zero-order valence-electron chi connectivity index (χ0n) is 17.2. The van der Waals surface area contributed by atoms with Gasteiger partial charge in [-0.2, -0.15) is 0 Å². The molecule has 1 fully saturated rings. The van der Waals surface area contributed by atoms with Crippen LogP contribution in [-0.4, -0.2) is 47.8 Å². The Morgan fingerprint density at radius 1 is 1.10 bits per heavy atom. The molecule has 1 saturated heterocycles. The number of nitrogens with zero attached hydrogens (tertiary/aromatic N) is 2. The van der Waals surface area contributed by atoms with Crippen molar-refractivity contribution < 1.29 is 9.59 Å². The second kappa shape index (κ2) is 10.1. The first kappa shape index (κ1) is 20.8. The number of rotatable bonds is 7. The molecule has 0 N–H and O–H groups in total. The smallest absolute Gasteiger partial charge is 0.228 e. The van der Waals surface area contributed by atoms with Gasteiger partial charge in [-0.15, -0.1) is 6.58 Å². The standard InChI is InChI=1S/C25H30N2O2/c1-3-10-24(28)27-17-16-26(15-4-2)25(29)22(19-27)18-21-13-8-9-14-23(21)20-11-6-5-7-12-20/h4-9,11-14,22H,2-3,10,15-19H2,1H3. The molecule has 0 radical (unpaired) electrons. The van der Waals surface area contributed by atoms with Crippen LogP contribution in [0.5, 0.6) is 0 Å². The maximum absolute atomic E-state index is 13.3. The van der Waals surface area contributed by atoms with Gasteiger partial charge in [-0.05, 0) is 29.5 Å². The zero-order valence-corrected chi connectivity index (χ0v) is 17.2. The van der Waals surface area contributed by atoms with Crippen molar-refractivity contribution in [1.82, 2.24) is 9.80 Å². The van der Waals surface area contributed by atoms with Crippen LogP contribution in [0.4, 0.5) is 0 Å². The molecular weight excluding hydrogens is 360 g/mol. The van der Waals surface area contributed by atoms with E-state index in [1.54, 1.807) is 6.08 Å². The summed E-state index contributed by atoms with van der Waals surface area (Å²) in [7, 11) is 0. The molecule has 0 bridgehead atoms. The third-order valence-electron chi connectivity index (χ3n) is 5.48. The van der Waals surface area contributed by atoms with Crippen molar-refractivity contribution in [2.45, 2.75) is 26.2 Å². The lowest BCUT2D eigenvalue weighted by atomic mass is 9.91. The highest BCUT2D eigenvalue weighted by Gasteiger charge is 2.32. The van der Waals surface area contributed by atoms with Gasteiger partial charge >= 0.3 is 0 Å². The third kappa shape index (κ3) is 5.14. The van der Waals surface area contributed by atoms with E-state index >= 15 is 0 Å². The highest BCUT2D eigenvalue weighted by Crippen LogP contribution is 2.27. The minimum atomic E-state index is -0.247. The van der Waals surface area contributed by atoms with Gasteiger partial charge in [0.1, 0.15) is 0 Å². The molecule has 1 aliphatic heterocycles. The summed E-state index contributed by atoms with van der Waals surface area (Å²) in [6, 6.07) is 18.5. The summed E-state index contributed by atoms with van der Waals surface area (Å²) in [6.45, 7) is 7.96. The molecule has 29 heavy (non-hydrogen) atoms. The first-order valence-corrected chi connectivity index (χ1v) is 10.4. The molecule has 1 atom stereocenters. The quantitative estimate of drug-likeness (QED) is 0.666. The number of benzene rings is 2. The molecule has 152 valence electrons. The highest BCUT2D eigenvalue weighted by atomic mass is 16.2. The van der Waals surface area contributed by atoms with Gasteiger partial charge in [0.05, 0.1) is 5.92 Å². The van der Waals surface area contributed by atoms with Crippen molar-refractivity contribution >= 4 is 11.8 Å². The van der Waals surface area contributed by atoms with Gasteiger partial charge in [-0.3, -0.25) is 9.59 Å². The predicted molar refractivity (Wildman–Crippen MR) is 117 cm³/mol. The number of hydrogen-bond acceptors (Lipinski definition) is 2. The maximum atomic E-state index is 13.3. The van der Waals surface area contributed by atoms with Crippen LogP contribution in [0.1, 0.15) is 25.3 Å². The molecule has 1 aliphatic rings. The van der Waals surface area contributed by atoms with Crippen LogP contribution in [0.15, 0.2) is 67.3 Å². The summed E-state index contributed by atoms with van der Waals surface area (Å²) >= 11 is 0. The topological polar surface area (TPSA) is 40.6 Å². The van der Waals surface area contributed by atoms with Crippen molar-refractivity contribution in [3.05, 3.63) is 72.8 Å². The van der Waals surface area contributed by atoms with E-state index in [9.17, 15) is 9.59 Å². The van der Waals surface area contributed by atoms with Crippen molar-refractivity contribution in [3.63, 3.8) is 0 Å². The van der Waals surface area contributed by atoms with Crippen LogP contribution in [0.25, 0.3) is 11.1 Å². The summed E-state index contributed by atoms with van der Waals surface area (Å²) in [6.07, 6.45) is 3.73. The van der Waals surface area contributed by atoms with Gasteiger partial charge in [-0.25, -0.2) is 0 Å². The van der Waals surface area contributed by atoms with Gasteiger partial charge in [-0.1, -0.05) is 67.6 Å². The minimum absolute atomic E-state index is 0.111. The lowest BCUT2D eigenvalue weighted by molar-refractivity contribution is -0.134. The molecule has 2 aromatic carbocycles. The fourth-order valence-corrected chi connectivity index (χ4v) is 4.00. The van der Waals surface area contributed by atoms with E-state index in [1.165, 1.54) is 0 Å². The van der Waals surface area contributed by atoms with Gasteiger partial charge in [0.2, 0.25) is 11.8 Å². The Morgan fingerprint density at radius 3 is 2.55 bits per heavy atom. The van der Waals surface area contributed by atoms with Gasteiger partial charge < -0.3 is 9.80 Å². The fourth-order valence-electron chi connectivity index (χ4n) is 4.00. The van der Waals surface area contributed by atoms with E-state index in [0.29, 0.717) is 39.0 Å². The predicted octanol–water partition coefficient (Wildman–Crippen LogP) is 4.17. The average Bonchev–Trinajstić information content (AvgIpc) is 2.89. The van der Waals surface area contributed by atoms with Crippen LogP contribution in [0, 0.1) is 5.92 Å². The number of hydrogen-bond donors (Lipinski definition) is 0. The Kier molecular flexibility index (Phi) is 7.23. The summed E-state index contributed by atoms with van der Waals surface area (Å²) < 4.78 is 0. The Bertz CT molecular complexity index is 847. The molecule has 0 aliphatic carbocycles. The summed E-state index contributed by atoms with van der Waals surface area (Å²) in [4.78, 5) is 29.5. The van der Waals surface area contributed by atoms with Crippen LogP contribution in [-0.2, 0) is 16.0 Å². The number of amides is 2. The summed E-state index contributed by atoms with van der Waals surface area (Å²) in [5, 5.41) is 0. The molecule has 2 aromatic rings. The van der Waals surface area contributed by atoms with Crippen LogP contribution >= 0.6 is 0 Å². The minimum Gasteiger partial charge on any atom is -0.340 e. The Morgan fingerprint density at radius 2 is 1.83 bits per heavy atom. The first-order valence-electron chi connectivity index (χ1n) is 10.4. The van der Waals surface area contributed by atoms with E-state index in [1.807, 2.05) is 47.1 Å². The zero-order chi connectivity index (χ0) is 20.6. The van der Waals surface area contributed by atoms with Gasteiger partial charge in [0.15, 0.2) is 0 Å². The SMILES string of the molecule is C=CCN1CCN(C(=O)CCC)CC(Cc2ccccc2-c2ccccc2)C1=O. The lowest BCUT2D eigenvalue weighted by Crippen LogP contribution is -2.38. The molecule has 1 unspecified atom stereocenters. The first-order chi connectivity index (χ1) is 14.1. The average molecular weight is 391 g/mol. The number of carbonyl (C=O) groups excluding carboxylic acids is 2. The largest absolute Gasteiger partial charge is 0.340 e. The molecule has 3 rings (SSSR count). The molecule has 2 amide bonds. The lowest BCUT2D eigenvalue weighted by Gasteiger charge is -2.24. The second-order valence-electron chi connectivity index (χ2n) is 7.59. The van der Waals surface area contributed by atoms with Crippen LogP contribution in [0.3, 0.4) is 0 Å². The Hall–Kier alpha value is -2.88. The number of carbonyl (C=O) groups is 2. The Labute approximate surface area is 173 Å². The van der Waals surface area contributed by atoms with Crippen molar-refractivity contribution in [2.24, 2.45) is 5.92 Å². The van der Waals surface area contributed by atoms with Crippen molar-refractivity contribution in [2.75, 3.05) is 26.2 Å². The highest BCUT2D eigenvalue weighted by molar-refractivity contribution is 5.83. The normalized spacial score (nSPS) is 17.1. The molecule has 0 saturated carbocycles. The van der Waals surface area contributed by atoms with Gasteiger partial charge in [0.25, 0.3) is 0 Å². The van der Waals surface area contributed by atoms with Crippen LogP contribution < -0.4 is 0 Å². The fraction of sp³-hybridized carbons (Fsp3) is 0.360. The van der Waals surface area contributed by atoms with Gasteiger partial charge in [0, 0.05) is 32.6 Å². The second-order valence-corrected chi connectivity index (χ2v) is 7.59.